The molecule has 0 unspecified atom stereocenters. The first kappa shape index (κ1) is 26.7. The van der Waals surface area contributed by atoms with Crippen molar-refractivity contribution in [2.45, 2.75) is 32.5 Å². The second-order valence-corrected chi connectivity index (χ2v) is 9.21. The van der Waals surface area contributed by atoms with Crippen LogP contribution in [-0.4, -0.2) is 27.3 Å². The zero-order chi connectivity index (χ0) is 26.8. The standard InChI is InChI=1S/C25H21ClF3N3O4/c1-24(2,3)31(30-22(33)15-7-5-4-6-8-15)23(34)19-11-9-16(13-21(19)32(35)36)18-12-10-17(14-20(18)26)25(27,28)29/h4-14H,1-3H3,(H,30,33). The summed E-state index contributed by atoms with van der Waals surface area (Å²) in [4.78, 5) is 37.2. The minimum Gasteiger partial charge on any atom is -0.267 e. The minimum atomic E-state index is -4.61. The number of hydrazine groups is 1. The number of hydrogen-bond donors (Lipinski definition) is 1. The van der Waals surface area contributed by atoms with Gasteiger partial charge >= 0.3 is 6.18 Å². The molecule has 0 radical (unpaired) electrons. The highest BCUT2D eigenvalue weighted by molar-refractivity contribution is 6.33. The summed E-state index contributed by atoms with van der Waals surface area (Å²) in [5.74, 6) is -1.43. The minimum absolute atomic E-state index is 0.122. The molecule has 1 N–H and O–H groups in total. The Morgan fingerprint density at radius 2 is 1.61 bits per heavy atom. The zero-order valence-electron chi connectivity index (χ0n) is 19.4. The number of alkyl halides is 3. The van der Waals surface area contributed by atoms with Crippen molar-refractivity contribution in [3.63, 3.8) is 0 Å². The van der Waals surface area contributed by atoms with E-state index in [1.807, 2.05) is 0 Å². The molecule has 0 bridgehead atoms. The van der Waals surface area contributed by atoms with E-state index in [2.05, 4.69) is 5.43 Å². The lowest BCUT2D eigenvalue weighted by atomic mass is 9.99. The first-order chi connectivity index (χ1) is 16.7. The zero-order valence-corrected chi connectivity index (χ0v) is 20.1. The molecule has 0 atom stereocenters. The quantitative estimate of drug-likeness (QED) is 0.314. The van der Waals surface area contributed by atoms with Crippen LogP contribution in [0.25, 0.3) is 11.1 Å². The van der Waals surface area contributed by atoms with E-state index in [-0.39, 0.29) is 27.3 Å². The summed E-state index contributed by atoms with van der Waals surface area (Å²) in [6.07, 6.45) is -4.61. The molecule has 0 heterocycles. The molecule has 7 nitrogen and oxygen atoms in total. The number of hydrogen-bond acceptors (Lipinski definition) is 4. The van der Waals surface area contributed by atoms with E-state index in [4.69, 9.17) is 11.6 Å². The van der Waals surface area contributed by atoms with Gasteiger partial charge in [0.25, 0.3) is 17.5 Å². The molecule has 0 aliphatic carbocycles. The number of nitro benzene ring substituents is 1. The lowest BCUT2D eigenvalue weighted by Crippen LogP contribution is -2.56. The van der Waals surface area contributed by atoms with E-state index in [1.165, 1.54) is 12.1 Å². The Bertz CT molecular complexity index is 1320. The average Bonchev–Trinajstić information content (AvgIpc) is 2.80. The first-order valence-electron chi connectivity index (χ1n) is 10.6. The van der Waals surface area contributed by atoms with Crippen LogP contribution in [0.15, 0.2) is 66.7 Å². The van der Waals surface area contributed by atoms with Gasteiger partial charge < -0.3 is 0 Å². The molecule has 0 spiro atoms. The van der Waals surface area contributed by atoms with Crippen molar-refractivity contribution in [2.24, 2.45) is 0 Å². The van der Waals surface area contributed by atoms with Crippen LogP contribution in [-0.2, 0) is 6.18 Å². The topological polar surface area (TPSA) is 92.6 Å². The summed E-state index contributed by atoms with van der Waals surface area (Å²) >= 11 is 6.04. The van der Waals surface area contributed by atoms with Crippen LogP contribution >= 0.6 is 11.6 Å². The monoisotopic (exact) mass is 519 g/mol. The van der Waals surface area contributed by atoms with Crippen molar-refractivity contribution in [2.75, 3.05) is 0 Å². The summed E-state index contributed by atoms with van der Waals surface area (Å²) < 4.78 is 38.9. The Balaban J connectivity index is 2.02. The molecular formula is C25H21ClF3N3O4. The Kier molecular flexibility index (Phi) is 7.40. The summed E-state index contributed by atoms with van der Waals surface area (Å²) in [6.45, 7) is 4.91. The summed E-state index contributed by atoms with van der Waals surface area (Å²) in [7, 11) is 0. The van der Waals surface area contributed by atoms with Crippen LogP contribution < -0.4 is 5.43 Å². The highest BCUT2D eigenvalue weighted by Gasteiger charge is 2.34. The van der Waals surface area contributed by atoms with Gasteiger partial charge in [0, 0.05) is 22.2 Å². The molecule has 188 valence electrons. The van der Waals surface area contributed by atoms with Crippen molar-refractivity contribution in [1.29, 1.82) is 0 Å². The van der Waals surface area contributed by atoms with Gasteiger partial charge in [-0.15, -0.1) is 0 Å². The van der Waals surface area contributed by atoms with Gasteiger partial charge in [-0.25, -0.2) is 5.01 Å². The second-order valence-electron chi connectivity index (χ2n) is 8.80. The van der Waals surface area contributed by atoms with Gasteiger partial charge in [0.15, 0.2) is 0 Å². The number of nitrogens with zero attached hydrogens (tertiary/aromatic N) is 2. The summed E-state index contributed by atoms with van der Waals surface area (Å²) in [6, 6.07) is 14.3. The number of benzene rings is 3. The number of nitro groups is 1. The van der Waals surface area contributed by atoms with Crippen molar-refractivity contribution < 1.29 is 27.7 Å². The summed E-state index contributed by atoms with van der Waals surface area (Å²) in [5, 5.41) is 12.6. The van der Waals surface area contributed by atoms with E-state index < -0.39 is 39.7 Å². The van der Waals surface area contributed by atoms with Crippen molar-refractivity contribution in [3.05, 3.63) is 98.6 Å². The fourth-order valence-corrected chi connectivity index (χ4v) is 3.65. The van der Waals surface area contributed by atoms with E-state index in [1.54, 1.807) is 51.1 Å². The van der Waals surface area contributed by atoms with Crippen LogP contribution in [0.3, 0.4) is 0 Å². The molecule has 0 aromatic heterocycles. The fourth-order valence-electron chi connectivity index (χ4n) is 3.36. The van der Waals surface area contributed by atoms with Gasteiger partial charge in [-0.2, -0.15) is 13.2 Å². The molecule has 2 amide bonds. The maximum absolute atomic E-state index is 13.4. The third kappa shape index (κ3) is 5.83. The molecule has 11 heteroatoms. The highest BCUT2D eigenvalue weighted by Crippen LogP contribution is 2.37. The number of carbonyl (C=O) groups is 2. The Hall–Kier alpha value is -3.92. The van der Waals surface area contributed by atoms with Gasteiger partial charge in [0.1, 0.15) is 5.56 Å². The van der Waals surface area contributed by atoms with Gasteiger partial charge in [-0.05, 0) is 56.7 Å². The van der Waals surface area contributed by atoms with E-state index in [9.17, 15) is 32.9 Å². The largest absolute Gasteiger partial charge is 0.416 e. The predicted octanol–water partition coefficient (Wildman–Crippen LogP) is 6.52. The smallest absolute Gasteiger partial charge is 0.267 e. The molecule has 36 heavy (non-hydrogen) atoms. The molecule has 3 aromatic rings. The first-order valence-corrected chi connectivity index (χ1v) is 10.9. The molecule has 0 saturated carbocycles. The molecule has 0 saturated heterocycles. The predicted molar refractivity (Wildman–Crippen MR) is 128 cm³/mol. The molecular weight excluding hydrogens is 499 g/mol. The Morgan fingerprint density at radius 3 is 2.14 bits per heavy atom. The van der Waals surface area contributed by atoms with Crippen LogP contribution in [0, 0.1) is 10.1 Å². The van der Waals surface area contributed by atoms with Gasteiger partial charge in [-0.3, -0.25) is 25.1 Å². The van der Waals surface area contributed by atoms with Crippen molar-refractivity contribution in [1.82, 2.24) is 10.4 Å². The fraction of sp³-hybridized carbons (Fsp3) is 0.200. The average molecular weight is 520 g/mol. The van der Waals surface area contributed by atoms with Crippen LogP contribution in [0.5, 0.6) is 0 Å². The van der Waals surface area contributed by atoms with E-state index in [0.717, 1.165) is 29.3 Å². The van der Waals surface area contributed by atoms with Gasteiger partial charge in [-0.1, -0.05) is 41.9 Å². The van der Waals surface area contributed by atoms with E-state index in [0.29, 0.717) is 0 Å². The number of nitrogens with one attached hydrogen (secondary N) is 1. The third-order valence-corrected chi connectivity index (χ3v) is 5.47. The molecule has 3 aromatic carbocycles. The lowest BCUT2D eigenvalue weighted by molar-refractivity contribution is -0.385. The number of halogens is 4. The molecule has 0 fully saturated rings. The SMILES string of the molecule is CC(C)(C)N(NC(=O)c1ccccc1)C(=O)c1ccc(-c2ccc(C(F)(F)F)cc2Cl)cc1[N+](=O)[O-]. The third-order valence-electron chi connectivity index (χ3n) is 5.16. The maximum Gasteiger partial charge on any atom is 0.416 e. The van der Waals surface area contributed by atoms with Crippen molar-refractivity contribution >= 4 is 29.1 Å². The lowest BCUT2D eigenvalue weighted by Gasteiger charge is -2.35. The van der Waals surface area contributed by atoms with Crippen molar-refractivity contribution in [3.8, 4) is 11.1 Å². The van der Waals surface area contributed by atoms with Gasteiger partial charge in [0.05, 0.1) is 16.0 Å². The summed E-state index contributed by atoms with van der Waals surface area (Å²) in [5.41, 5.74) is 0.198. The Morgan fingerprint density at radius 1 is 0.972 bits per heavy atom. The number of amides is 2. The maximum atomic E-state index is 13.4. The van der Waals surface area contributed by atoms with Crippen LogP contribution in [0.1, 0.15) is 47.1 Å². The van der Waals surface area contributed by atoms with E-state index >= 15 is 0 Å². The second kappa shape index (κ2) is 9.98. The highest BCUT2D eigenvalue weighted by atomic mass is 35.5. The number of rotatable bonds is 4. The van der Waals surface area contributed by atoms with Gasteiger partial charge in [0.2, 0.25) is 0 Å². The normalized spacial score (nSPS) is 11.6. The molecule has 0 aliphatic rings. The number of carbonyl (C=O) groups excluding carboxylic acids is 2. The molecule has 0 aliphatic heterocycles. The molecule has 3 rings (SSSR count). The Labute approximate surface area is 209 Å². The van der Waals surface area contributed by atoms with Crippen LogP contribution in [0.4, 0.5) is 18.9 Å². The van der Waals surface area contributed by atoms with Crippen LogP contribution in [0.2, 0.25) is 5.02 Å².